The van der Waals surface area contributed by atoms with Crippen molar-refractivity contribution in [3.8, 4) is 0 Å². The molecule has 1 fully saturated rings. The summed E-state index contributed by atoms with van der Waals surface area (Å²) in [4.78, 5) is 0. The van der Waals surface area contributed by atoms with Gasteiger partial charge in [-0.15, -0.1) is 0 Å². The van der Waals surface area contributed by atoms with Crippen LogP contribution in [0.4, 0.5) is 5.69 Å². The molecule has 0 bridgehead atoms. The number of hydrogen-bond acceptors (Lipinski definition) is 2. The average Bonchev–Trinajstić information content (AvgIpc) is 2.47. The number of benzene rings is 1. The van der Waals surface area contributed by atoms with E-state index in [0.717, 1.165) is 5.56 Å². The molecule has 0 aromatic heterocycles. The van der Waals surface area contributed by atoms with Crippen molar-refractivity contribution in [2.75, 3.05) is 24.4 Å². The molecule has 0 saturated carbocycles. The van der Waals surface area contributed by atoms with Crippen molar-refractivity contribution in [3.05, 3.63) is 28.8 Å². The van der Waals surface area contributed by atoms with E-state index in [4.69, 9.17) is 11.6 Å². The third-order valence-electron chi connectivity index (χ3n) is 2.73. The van der Waals surface area contributed by atoms with Gasteiger partial charge in [-0.1, -0.05) is 17.7 Å². The largest absolute Gasteiger partial charge is 0.303 e. The first-order chi connectivity index (χ1) is 7.43. The van der Waals surface area contributed by atoms with Crippen LogP contribution in [-0.2, 0) is 10.2 Å². The number of hydrogen-bond donors (Lipinski definition) is 0. The molecule has 0 aliphatic carbocycles. The summed E-state index contributed by atoms with van der Waals surface area (Å²) in [5, 5.41) is 0.547. The van der Waals surface area contributed by atoms with Gasteiger partial charge >= 0.3 is 10.2 Å². The van der Waals surface area contributed by atoms with Gasteiger partial charge < -0.3 is 0 Å². The first kappa shape index (κ1) is 11.7. The van der Waals surface area contributed by atoms with E-state index in [-0.39, 0.29) is 0 Å². The average molecular weight is 261 g/mol. The molecule has 1 heterocycles. The molecule has 1 aromatic rings. The minimum atomic E-state index is -3.35. The van der Waals surface area contributed by atoms with Gasteiger partial charge in [0.25, 0.3) is 0 Å². The van der Waals surface area contributed by atoms with Crippen molar-refractivity contribution in [3.63, 3.8) is 0 Å². The van der Waals surface area contributed by atoms with Gasteiger partial charge in [0.1, 0.15) is 0 Å². The molecule has 0 spiro atoms. The Hall–Kier alpha value is -0.780. The van der Waals surface area contributed by atoms with E-state index in [9.17, 15) is 8.42 Å². The van der Waals surface area contributed by atoms with Crippen LogP contribution in [0.3, 0.4) is 0 Å². The Morgan fingerprint density at radius 2 is 2.00 bits per heavy atom. The van der Waals surface area contributed by atoms with E-state index in [1.165, 1.54) is 8.61 Å². The number of rotatable bonds is 1. The number of nitrogens with zero attached hydrogens (tertiary/aromatic N) is 2. The lowest BCUT2D eigenvalue weighted by atomic mass is 10.2. The summed E-state index contributed by atoms with van der Waals surface area (Å²) >= 11 is 5.89. The van der Waals surface area contributed by atoms with Crippen LogP contribution in [0.1, 0.15) is 5.56 Å². The smallest absolute Gasteiger partial charge is 0.256 e. The maximum absolute atomic E-state index is 12.0. The van der Waals surface area contributed by atoms with Crippen molar-refractivity contribution in [1.29, 1.82) is 0 Å². The summed E-state index contributed by atoms with van der Waals surface area (Å²) in [6.45, 7) is 2.85. The molecular formula is C10H13ClN2O2S. The summed E-state index contributed by atoms with van der Waals surface area (Å²) in [5.74, 6) is 0. The first-order valence-corrected chi connectivity index (χ1v) is 6.70. The normalized spacial score (nSPS) is 20.3. The van der Waals surface area contributed by atoms with Crippen LogP contribution < -0.4 is 4.31 Å². The molecule has 0 radical (unpaired) electrons. The third kappa shape index (κ3) is 1.79. The summed E-state index contributed by atoms with van der Waals surface area (Å²) in [5.41, 5.74) is 1.57. The van der Waals surface area contributed by atoms with Gasteiger partial charge in [0.15, 0.2) is 0 Å². The van der Waals surface area contributed by atoms with Crippen LogP contribution in [-0.4, -0.2) is 32.9 Å². The van der Waals surface area contributed by atoms with Crippen molar-refractivity contribution in [1.82, 2.24) is 4.31 Å². The highest BCUT2D eigenvalue weighted by molar-refractivity contribution is 7.90. The molecular weight excluding hydrogens is 248 g/mol. The van der Waals surface area contributed by atoms with Gasteiger partial charge in [0.2, 0.25) is 0 Å². The highest BCUT2D eigenvalue weighted by Crippen LogP contribution is 2.29. The zero-order valence-electron chi connectivity index (χ0n) is 9.14. The van der Waals surface area contributed by atoms with Crippen LogP contribution in [0.25, 0.3) is 0 Å². The second-order valence-electron chi connectivity index (χ2n) is 3.83. The Kier molecular flexibility index (Phi) is 2.86. The molecule has 88 valence electrons. The van der Waals surface area contributed by atoms with Crippen LogP contribution >= 0.6 is 11.6 Å². The molecule has 1 saturated heterocycles. The second-order valence-corrected chi connectivity index (χ2v) is 6.23. The number of likely N-dealkylation sites (N-methyl/N-ethyl adjacent to an activating group) is 1. The number of anilines is 1. The molecule has 0 N–H and O–H groups in total. The monoisotopic (exact) mass is 260 g/mol. The summed E-state index contributed by atoms with van der Waals surface area (Å²) in [6.07, 6.45) is 0. The standard InChI is InChI=1S/C10H13ClN2O2S/c1-8-3-4-9(11)7-10(8)13-6-5-12(2)16(13,14)15/h3-4,7H,5-6H2,1-2H3. The minimum Gasteiger partial charge on any atom is -0.256 e. The van der Waals surface area contributed by atoms with E-state index in [1.54, 1.807) is 19.2 Å². The van der Waals surface area contributed by atoms with Gasteiger partial charge in [0.05, 0.1) is 5.69 Å². The van der Waals surface area contributed by atoms with Gasteiger partial charge in [-0.2, -0.15) is 12.7 Å². The van der Waals surface area contributed by atoms with Gasteiger partial charge in [-0.05, 0) is 24.6 Å². The third-order valence-corrected chi connectivity index (χ3v) is 4.87. The van der Waals surface area contributed by atoms with Gasteiger partial charge in [-0.25, -0.2) is 0 Å². The van der Waals surface area contributed by atoms with Crippen molar-refractivity contribution in [2.24, 2.45) is 0 Å². The Bertz CT molecular complexity index is 516. The second kappa shape index (κ2) is 3.91. The van der Waals surface area contributed by atoms with E-state index in [1.807, 2.05) is 13.0 Å². The van der Waals surface area contributed by atoms with Crippen molar-refractivity contribution in [2.45, 2.75) is 6.92 Å². The summed E-state index contributed by atoms with van der Waals surface area (Å²) < 4.78 is 26.7. The minimum absolute atomic E-state index is 0.472. The van der Waals surface area contributed by atoms with E-state index >= 15 is 0 Å². The Morgan fingerprint density at radius 3 is 2.56 bits per heavy atom. The molecule has 0 amide bonds. The van der Waals surface area contributed by atoms with E-state index < -0.39 is 10.2 Å². The quantitative estimate of drug-likeness (QED) is 0.770. The highest BCUT2D eigenvalue weighted by Gasteiger charge is 2.34. The SMILES string of the molecule is Cc1ccc(Cl)cc1N1CCN(C)S1(=O)=O. The van der Waals surface area contributed by atoms with E-state index in [0.29, 0.717) is 23.8 Å². The molecule has 0 atom stereocenters. The fourth-order valence-electron chi connectivity index (χ4n) is 1.73. The van der Waals surface area contributed by atoms with Crippen LogP contribution in [0, 0.1) is 6.92 Å². The zero-order chi connectivity index (χ0) is 11.9. The lowest BCUT2D eigenvalue weighted by molar-refractivity contribution is 0.511. The molecule has 1 aliphatic heterocycles. The Balaban J connectivity index is 2.50. The molecule has 1 aliphatic rings. The molecule has 16 heavy (non-hydrogen) atoms. The maximum Gasteiger partial charge on any atom is 0.303 e. The molecule has 2 rings (SSSR count). The highest BCUT2D eigenvalue weighted by atomic mass is 35.5. The molecule has 0 unspecified atom stereocenters. The predicted octanol–water partition coefficient (Wildman–Crippen LogP) is 1.65. The molecule has 6 heteroatoms. The van der Waals surface area contributed by atoms with Gasteiger partial charge in [0, 0.05) is 25.2 Å². The number of aryl methyl sites for hydroxylation is 1. The summed E-state index contributed by atoms with van der Waals surface area (Å²) in [6, 6.07) is 5.27. The number of halogens is 1. The maximum atomic E-state index is 12.0. The summed E-state index contributed by atoms with van der Waals surface area (Å²) in [7, 11) is -1.77. The van der Waals surface area contributed by atoms with E-state index in [2.05, 4.69) is 0 Å². The molecule has 1 aromatic carbocycles. The Morgan fingerprint density at radius 1 is 1.31 bits per heavy atom. The lowest BCUT2D eigenvalue weighted by Crippen LogP contribution is -2.31. The van der Waals surface area contributed by atoms with Crippen molar-refractivity contribution >= 4 is 27.5 Å². The van der Waals surface area contributed by atoms with Gasteiger partial charge in [-0.3, -0.25) is 4.31 Å². The van der Waals surface area contributed by atoms with Crippen molar-refractivity contribution < 1.29 is 8.42 Å². The fourth-order valence-corrected chi connectivity index (χ4v) is 3.30. The van der Waals surface area contributed by atoms with Crippen LogP contribution in [0.2, 0.25) is 5.02 Å². The predicted molar refractivity (Wildman–Crippen MR) is 65.1 cm³/mol. The lowest BCUT2D eigenvalue weighted by Gasteiger charge is -2.20. The first-order valence-electron chi connectivity index (χ1n) is 4.93. The van der Waals surface area contributed by atoms with Crippen LogP contribution in [0.15, 0.2) is 18.2 Å². The topological polar surface area (TPSA) is 40.6 Å². The Labute approximate surface area is 101 Å². The fraction of sp³-hybridized carbons (Fsp3) is 0.400. The molecule has 4 nitrogen and oxygen atoms in total. The van der Waals surface area contributed by atoms with Crippen LogP contribution in [0.5, 0.6) is 0 Å². The zero-order valence-corrected chi connectivity index (χ0v) is 10.7.